The number of hydrogen-bond acceptors (Lipinski definition) is 4. The summed E-state index contributed by atoms with van der Waals surface area (Å²) >= 11 is 0. The van der Waals surface area contributed by atoms with E-state index in [-0.39, 0.29) is 5.56 Å². The normalized spacial score (nSPS) is 21.8. The maximum Gasteiger partial charge on any atom is 0.266 e. The lowest BCUT2D eigenvalue weighted by atomic mass is 10.00. The Bertz CT molecular complexity index is 796. The van der Waals surface area contributed by atoms with Crippen LogP contribution in [0.3, 0.4) is 0 Å². The maximum absolute atomic E-state index is 12.0. The van der Waals surface area contributed by atoms with Crippen LogP contribution in [0.4, 0.5) is 0 Å². The fourth-order valence-electron chi connectivity index (χ4n) is 3.72. The second kappa shape index (κ2) is 5.55. The molecule has 1 aliphatic heterocycles. The van der Waals surface area contributed by atoms with E-state index in [1.54, 1.807) is 10.7 Å². The molecule has 0 spiro atoms. The molecule has 3 heterocycles. The Kier molecular flexibility index (Phi) is 3.33. The van der Waals surface area contributed by atoms with Crippen LogP contribution in [0.5, 0.6) is 0 Å². The number of hydrogen-bond donors (Lipinski definition) is 0. The highest BCUT2D eigenvalue weighted by molar-refractivity contribution is 5.12. The average Bonchev–Trinajstić information content (AvgIpc) is 3.46. The van der Waals surface area contributed by atoms with E-state index in [9.17, 15) is 4.79 Å². The third-order valence-corrected chi connectivity index (χ3v) is 5.42. The third-order valence-electron chi connectivity index (χ3n) is 5.42. The van der Waals surface area contributed by atoms with Crippen LogP contribution in [0.15, 0.2) is 29.5 Å². The zero-order valence-electron chi connectivity index (χ0n) is 13.8. The van der Waals surface area contributed by atoms with Crippen LogP contribution in [-0.2, 0) is 13.1 Å². The molecule has 5 rings (SSSR count). The SMILES string of the molecule is O=c1ccc(C2CC2)nn1CC1CN(Cc2cncn2C2CC2)C1. The Morgan fingerprint density at radius 1 is 1.12 bits per heavy atom. The van der Waals surface area contributed by atoms with Gasteiger partial charge in [-0.3, -0.25) is 9.69 Å². The summed E-state index contributed by atoms with van der Waals surface area (Å²) in [5.41, 5.74) is 2.45. The Labute approximate surface area is 141 Å². The van der Waals surface area contributed by atoms with Gasteiger partial charge >= 0.3 is 0 Å². The Morgan fingerprint density at radius 3 is 2.71 bits per heavy atom. The van der Waals surface area contributed by atoms with Gasteiger partial charge in [0.15, 0.2) is 0 Å². The maximum atomic E-state index is 12.0. The molecule has 2 saturated carbocycles. The lowest BCUT2D eigenvalue weighted by Crippen LogP contribution is -2.49. The van der Waals surface area contributed by atoms with Crippen molar-refractivity contribution in [3.05, 3.63) is 46.4 Å². The van der Waals surface area contributed by atoms with Gasteiger partial charge in [-0.15, -0.1) is 0 Å². The van der Waals surface area contributed by atoms with E-state index in [1.807, 2.05) is 18.6 Å². The molecule has 6 heteroatoms. The second-order valence-electron chi connectivity index (χ2n) is 7.64. The molecule has 24 heavy (non-hydrogen) atoms. The fraction of sp³-hybridized carbons (Fsp3) is 0.611. The molecule has 0 radical (unpaired) electrons. The van der Waals surface area contributed by atoms with Crippen molar-refractivity contribution in [1.82, 2.24) is 24.2 Å². The molecule has 1 saturated heterocycles. The van der Waals surface area contributed by atoms with Gasteiger partial charge in [0.1, 0.15) is 0 Å². The van der Waals surface area contributed by atoms with Crippen LogP contribution in [-0.4, -0.2) is 37.3 Å². The smallest absolute Gasteiger partial charge is 0.266 e. The molecule has 0 aromatic carbocycles. The summed E-state index contributed by atoms with van der Waals surface area (Å²) in [6.45, 7) is 3.80. The quantitative estimate of drug-likeness (QED) is 0.812. The van der Waals surface area contributed by atoms with Crippen molar-refractivity contribution in [1.29, 1.82) is 0 Å². The number of rotatable bonds is 6. The summed E-state index contributed by atoms with van der Waals surface area (Å²) in [5.74, 6) is 1.12. The Hall–Kier alpha value is -1.95. The predicted octanol–water partition coefficient (Wildman–Crippen LogP) is 1.78. The van der Waals surface area contributed by atoms with E-state index in [0.717, 1.165) is 31.9 Å². The predicted molar refractivity (Wildman–Crippen MR) is 89.7 cm³/mol. The Morgan fingerprint density at radius 2 is 1.96 bits per heavy atom. The zero-order valence-corrected chi connectivity index (χ0v) is 13.8. The molecule has 3 aliphatic rings. The minimum absolute atomic E-state index is 0.0321. The topological polar surface area (TPSA) is 56.0 Å². The van der Waals surface area contributed by atoms with E-state index in [2.05, 4.69) is 19.5 Å². The van der Waals surface area contributed by atoms with Crippen LogP contribution in [0.1, 0.15) is 49.0 Å². The van der Waals surface area contributed by atoms with E-state index in [1.165, 1.54) is 31.4 Å². The highest BCUT2D eigenvalue weighted by Crippen LogP contribution is 2.38. The first-order valence-corrected chi connectivity index (χ1v) is 9.07. The molecule has 2 aromatic rings. The monoisotopic (exact) mass is 325 g/mol. The number of aromatic nitrogens is 4. The molecule has 2 aliphatic carbocycles. The summed E-state index contributed by atoms with van der Waals surface area (Å²) in [6.07, 6.45) is 8.98. The highest BCUT2D eigenvalue weighted by atomic mass is 16.1. The Balaban J connectivity index is 1.19. The van der Waals surface area contributed by atoms with E-state index in [0.29, 0.717) is 17.9 Å². The van der Waals surface area contributed by atoms with Crippen LogP contribution in [0, 0.1) is 5.92 Å². The van der Waals surface area contributed by atoms with Crippen LogP contribution >= 0.6 is 0 Å². The van der Waals surface area contributed by atoms with Gasteiger partial charge in [-0.2, -0.15) is 5.10 Å². The van der Waals surface area contributed by atoms with Gasteiger partial charge < -0.3 is 4.57 Å². The van der Waals surface area contributed by atoms with Gasteiger partial charge in [0.25, 0.3) is 5.56 Å². The first-order valence-electron chi connectivity index (χ1n) is 9.07. The number of imidazole rings is 1. The first kappa shape index (κ1) is 14.4. The van der Waals surface area contributed by atoms with Crippen molar-refractivity contribution in [2.24, 2.45) is 5.92 Å². The minimum Gasteiger partial charge on any atom is -0.330 e. The molecule has 6 nitrogen and oxygen atoms in total. The average molecular weight is 325 g/mol. The molecule has 126 valence electrons. The van der Waals surface area contributed by atoms with Gasteiger partial charge in [-0.05, 0) is 31.7 Å². The summed E-state index contributed by atoms with van der Waals surface area (Å²) in [6, 6.07) is 4.28. The van der Waals surface area contributed by atoms with Crippen molar-refractivity contribution >= 4 is 0 Å². The highest BCUT2D eigenvalue weighted by Gasteiger charge is 2.31. The molecule has 2 aromatic heterocycles. The lowest BCUT2D eigenvalue weighted by Gasteiger charge is -2.39. The van der Waals surface area contributed by atoms with E-state index >= 15 is 0 Å². The van der Waals surface area contributed by atoms with E-state index in [4.69, 9.17) is 0 Å². The van der Waals surface area contributed by atoms with Gasteiger partial charge in [0, 0.05) is 49.8 Å². The second-order valence-corrected chi connectivity index (χ2v) is 7.64. The van der Waals surface area contributed by atoms with Crippen molar-refractivity contribution in [2.75, 3.05) is 13.1 Å². The summed E-state index contributed by atoms with van der Waals surface area (Å²) in [4.78, 5) is 18.8. The molecule has 3 fully saturated rings. The molecule has 0 amide bonds. The summed E-state index contributed by atoms with van der Waals surface area (Å²) in [5, 5.41) is 4.57. The largest absolute Gasteiger partial charge is 0.330 e. The molecule has 0 atom stereocenters. The van der Waals surface area contributed by atoms with Gasteiger partial charge in [0.05, 0.1) is 24.3 Å². The van der Waals surface area contributed by atoms with Crippen molar-refractivity contribution < 1.29 is 0 Å². The van der Waals surface area contributed by atoms with Crippen molar-refractivity contribution in [3.8, 4) is 0 Å². The summed E-state index contributed by atoms with van der Waals surface area (Å²) in [7, 11) is 0. The van der Waals surface area contributed by atoms with E-state index < -0.39 is 0 Å². The van der Waals surface area contributed by atoms with Crippen molar-refractivity contribution in [2.45, 2.75) is 50.7 Å². The summed E-state index contributed by atoms with van der Waals surface area (Å²) < 4.78 is 4.02. The lowest BCUT2D eigenvalue weighted by molar-refractivity contribution is 0.0741. The third kappa shape index (κ3) is 2.79. The van der Waals surface area contributed by atoms with Gasteiger partial charge in [-0.25, -0.2) is 9.67 Å². The molecule has 0 N–H and O–H groups in total. The molecule has 0 bridgehead atoms. The fourth-order valence-corrected chi connectivity index (χ4v) is 3.72. The van der Waals surface area contributed by atoms with Gasteiger partial charge in [0.2, 0.25) is 0 Å². The number of likely N-dealkylation sites (tertiary alicyclic amines) is 1. The van der Waals surface area contributed by atoms with Crippen LogP contribution < -0.4 is 5.56 Å². The minimum atomic E-state index is 0.0321. The van der Waals surface area contributed by atoms with Crippen LogP contribution in [0.2, 0.25) is 0 Å². The van der Waals surface area contributed by atoms with Crippen molar-refractivity contribution in [3.63, 3.8) is 0 Å². The van der Waals surface area contributed by atoms with Crippen LogP contribution in [0.25, 0.3) is 0 Å². The first-order chi connectivity index (χ1) is 11.8. The molecule has 0 unspecified atom stereocenters. The zero-order chi connectivity index (χ0) is 16.1. The molecular weight excluding hydrogens is 302 g/mol. The molecular formula is C18H23N5O. The standard InChI is InChI=1S/C18H23N5O/c24-18-6-5-17(14-1-2-14)20-23(18)10-13-8-21(9-13)11-16-7-19-12-22(16)15-3-4-15/h5-7,12-15H,1-4,8-11H2. The number of nitrogens with zero attached hydrogens (tertiary/aromatic N) is 5. The van der Waals surface area contributed by atoms with Gasteiger partial charge in [-0.1, -0.05) is 0 Å².